The van der Waals surface area contributed by atoms with Gasteiger partial charge in [-0.15, -0.1) is 11.8 Å². The fourth-order valence-electron chi connectivity index (χ4n) is 2.07. The molecule has 1 aromatic carbocycles. The highest BCUT2D eigenvalue weighted by atomic mass is 32.2. The second-order valence-corrected chi connectivity index (χ2v) is 6.94. The van der Waals surface area contributed by atoms with E-state index in [9.17, 15) is 5.26 Å². The molecule has 1 aromatic rings. The molecule has 1 fully saturated rings. The van der Waals surface area contributed by atoms with E-state index in [-0.39, 0.29) is 0 Å². The fraction of sp³-hybridized carbons (Fsp3) is 0.579. The summed E-state index contributed by atoms with van der Waals surface area (Å²) in [7, 11) is 0. The molecule has 3 nitrogen and oxygen atoms in total. The number of nitriles is 1. The van der Waals surface area contributed by atoms with Crippen LogP contribution in [0.25, 0.3) is 0 Å². The van der Waals surface area contributed by atoms with Crippen LogP contribution in [0.1, 0.15) is 64.5 Å². The Labute approximate surface area is 145 Å². The second-order valence-electron chi connectivity index (χ2n) is 5.63. The van der Waals surface area contributed by atoms with Crippen LogP contribution in [0.5, 0.6) is 0 Å². The molecule has 1 aliphatic rings. The molecule has 23 heavy (non-hydrogen) atoms. The van der Waals surface area contributed by atoms with Crippen LogP contribution >= 0.6 is 11.8 Å². The Morgan fingerprint density at radius 1 is 1.39 bits per heavy atom. The topological polar surface area (TPSA) is 45.4 Å². The van der Waals surface area contributed by atoms with Gasteiger partial charge in [-0.2, -0.15) is 5.26 Å². The molecule has 4 heteroatoms. The van der Waals surface area contributed by atoms with Crippen molar-refractivity contribution in [3.05, 3.63) is 29.3 Å². The minimum atomic E-state index is 0.365. The molecule has 0 spiro atoms. The van der Waals surface area contributed by atoms with E-state index < -0.39 is 0 Å². The summed E-state index contributed by atoms with van der Waals surface area (Å²) in [6.45, 7) is 11.1. The average molecular weight is 333 g/mol. The van der Waals surface area contributed by atoms with Gasteiger partial charge in [-0.3, -0.25) is 0 Å². The first-order valence-corrected chi connectivity index (χ1v) is 9.51. The summed E-state index contributed by atoms with van der Waals surface area (Å²) in [4.78, 5) is 6.53. The first-order valence-electron chi connectivity index (χ1n) is 8.52. The Hall–Kier alpha value is -1.47. The van der Waals surface area contributed by atoms with Crippen LogP contribution in [0.2, 0.25) is 0 Å². The molecule has 0 aliphatic heterocycles. The lowest BCUT2D eigenvalue weighted by atomic mass is 10.0. The molecule has 1 saturated carbocycles. The number of benzene rings is 1. The molecule has 0 heterocycles. The van der Waals surface area contributed by atoms with Gasteiger partial charge >= 0.3 is 0 Å². The van der Waals surface area contributed by atoms with Crippen LogP contribution in [0.3, 0.4) is 0 Å². The number of nitrogens with zero attached hydrogens (tertiary/aromatic N) is 2. The van der Waals surface area contributed by atoms with Crippen molar-refractivity contribution in [2.75, 3.05) is 12.4 Å². The van der Waals surface area contributed by atoms with Crippen molar-refractivity contribution < 1.29 is 4.84 Å². The Bertz CT molecular complexity index is 557. The van der Waals surface area contributed by atoms with Gasteiger partial charge in [0.15, 0.2) is 5.71 Å². The SMILES string of the molecule is CC.CCSc1cc(/C(C#N)=N/OCC2CC2)ccc1C(C)C. The van der Waals surface area contributed by atoms with E-state index in [0.29, 0.717) is 24.2 Å². The van der Waals surface area contributed by atoms with E-state index in [1.54, 1.807) is 11.8 Å². The van der Waals surface area contributed by atoms with Crippen LogP contribution in [0, 0.1) is 17.2 Å². The summed E-state index contributed by atoms with van der Waals surface area (Å²) in [5.74, 6) is 2.13. The standard InChI is InChI=1S/C17H22N2OS.C2H6/c1-4-21-17-9-14(7-8-15(17)12(2)3)16(10-18)19-20-11-13-5-6-13;1-2/h7-9,12-13H,4-6,11H2,1-3H3;1-2H3/b19-16+;. The molecule has 0 radical (unpaired) electrons. The van der Waals surface area contributed by atoms with Gasteiger partial charge < -0.3 is 4.84 Å². The van der Waals surface area contributed by atoms with Crippen molar-refractivity contribution in [2.24, 2.45) is 11.1 Å². The molecule has 2 rings (SSSR count). The van der Waals surface area contributed by atoms with E-state index in [0.717, 1.165) is 11.3 Å². The highest BCUT2D eigenvalue weighted by Crippen LogP contribution is 2.30. The highest BCUT2D eigenvalue weighted by molar-refractivity contribution is 7.99. The molecule has 0 amide bonds. The predicted molar refractivity (Wildman–Crippen MR) is 99.1 cm³/mol. The third-order valence-electron chi connectivity index (χ3n) is 3.48. The third kappa shape index (κ3) is 6.27. The number of oxime groups is 1. The van der Waals surface area contributed by atoms with Crippen molar-refractivity contribution in [1.29, 1.82) is 5.26 Å². The summed E-state index contributed by atoms with van der Waals surface area (Å²) < 4.78 is 0. The molecule has 0 atom stereocenters. The van der Waals surface area contributed by atoms with E-state index in [4.69, 9.17) is 4.84 Å². The quantitative estimate of drug-likeness (QED) is 0.371. The highest BCUT2D eigenvalue weighted by Gasteiger charge is 2.22. The minimum absolute atomic E-state index is 0.365. The second kappa shape index (κ2) is 10.3. The maximum Gasteiger partial charge on any atom is 0.186 e. The Morgan fingerprint density at radius 3 is 2.61 bits per heavy atom. The van der Waals surface area contributed by atoms with Gasteiger partial charge in [0, 0.05) is 10.5 Å². The lowest BCUT2D eigenvalue weighted by Crippen LogP contribution is -2.02. The van der Waals surface area contributed by atoms with Crippen LogP contribution < -0.4 is 0 Å². The summed E-state index contributed by atoms with van der Waals surface area (Å²) in [5.41, 5.74) is 2.53. The fourth-order valence-corrected chi connectivity index (χ4v) is 3.06. The van der Waals surface area contributed by atoms with Crippen molar-refractivity contribution >= 4 is 17.5 Å². The lowest BCUT2D eigenvalue weighted by Gasteiger charge is -2.13. The van der Waals surface area contributed by atoms with Crippen LogP contribution in [-0.2, 0) is 4.84 Å². The molecule has 1 aliphatic carbocycles. The third-order valence-corrected chi connectivity index (χ3v) is 4.43. The number of thioether (sulfide) groups is 1. The smallest absolute Gasteiger partial charge is 0.186 e. The van der Waals surface area contributed by atoms with E-state index in [1.165, 1.54) is 23.3 Å². The van der Waals surface area contributed by atoms with Crippen molar-refractivity contribution in [2.45, 2.75) is 58.3 Å². The van der Waals surface area contributed by atoms with Crippen molar-refractivity contribution in [1.82, 2.24) is 0 Å². The van der Waals surface area contributed by atoms with E-state index in [1.807, 2.05) is 19.9 Å². The maximum absolute atomic E-state index is 9.29. The van der Waals surface area contributed by atoms with Gasteiger partial charge in [0.05, 0.1) is 0 Å². The Morgan fingerprint density at radius 2 is 2.09 bits per heavy atom. The summed E-state index contributed by atoms with van der Waals surface area (Å²) >= 11 is 1.81. The van der Waals surface area contributed by atoms with E-state index in [2.05, 4.69) is 44.1 Å². The van der Waals surface area contributed by atoms with Crippen LogP contribution in [0.4, 0.5) is 0 Å². The Balaban J connectivity index is 0.00000127. The molecule has 126 valence electrons. The zero-order valence-electron chi connectivity index (χ0n) is 14.9. The minimum Gasteiger partial charge on any atom is -0.394 e. The van der Waals surface area contributed by atoms with Crippen molar-refractivity contribution in [3.8, 4) is 6.07 Å². The molecule has 0 unspecified atom stereocenters. The molecular formula is C19H28N2OS. The normalized spacial score (nSPS) is 14.0. The van der Waals surface area contributed by atoms with Gasteiger partial charge in [0.2, 0.25) is 0 Å². The monoisotopic (exact) mass is 332 g/mol. The maximum atomic E-state index is 9.29. The molecule has 0 saturated heterocycles. The molecular weight excluding hydrogens is 304 g/mol. The molecule has 0 aromatic heterocycles. The van der Waals surface area contributed by atoms with Gasteiger partial charge in [-0.25, -0.2) is 0 Å². The molecule has 0 N–H and O–H groups in total. The van der Waals surface area contributed by atoms with E-state index >= 15 is 0 Å². The van der Waals surface area contributed by atoms with Crippen molar-refractivity contribution in [3.63, 3.8) is 0 Å². The summed E-state index contributed by atoms with van der Waals surface area (Å²) in [6, 6.07) is 8.28. The summed E-state index contributed by atoms with van der Waals surface area (Å²) in [5, 5.41) is 13.3. The predicted octanol–water partition coefficient (Wildman–Crippen LogP) is 5.60. The molecule has 0 bridgehead atoms. The van der Waals surface area contributed by atoms with Crippen LogP contribution in [0.15, 0.2) is 28.3 Å². The average Bonchev–Trinajstić information content (AvgIpc) is 3.38. The van der Waals surface area contributed by atoms with Gasteiger partial charge in [-0.1, -0.05) is 51.9 Å². The zero-order valence-corrected chi connectivity index (χ0v) is 15.7. The first kappa shape index (κ1) is 19.6. The van der Waals surface area contributed by atoms with Gasteiger partial charge in [0.25, 0.3) is 0 Å². The first-order chi connectivity index (χ1) is 11.2. The van der Waals surface area contributed by atoms with Gasteiger partial charge in [-0.05, 0) is 42.1 Å². The number of hydrogen-bond donors (Lipinski definition) is 0. The van der Waals surface area contributed by atoms with Crippen LogP contribution in [-0.4, -0.2) is 18.1 Å². The number of hydrogen-bond acceptors (Lipinski definition) is 4. The summed E-state index contributed by atoms with van der Waals surface area (Å²) in [6.07, 6.45) is 2.44. The zero-order chi connectivity index (χ0) is 17.2. The van der Waals surface area contributed by atoms with Gasteiger partial charge in [0.1, 0.15) is 12.7 Å². The lowest BCUT2D eigenvalue weighted by molar-refractivity contribution is 0.134. The largest absolute Gasteiger partial charge is 0.394 e. The number of rotatable bonds is 7. The Kier molecular flexibility index (Phi) is 8.79.